The largest absolute Gasteiger partial charge is 0.487 e. The van der Waals surface area contributed by atoms with Crippen molar-refractivity contribution >= 4 is 22.8 Å². The summed E-state index contributed by atoms with van der Waals surface area (Å²) in [4.78, 5) is 3.94. The predicted molar refractivity (Wildman–Crippen MR) is 69.7 cm³/mol. The number of halogens is 1. The van der Waals surface area contributed by atoms with Crippen LogP contribution < -0.4 is 10.5 Å². The van der Waals surface area contributed by atoms with E-state index in [4.69, 9.17) is 10.5 Å². The van der Waals surface area contributed by atoms with Crippen LogP contribution in [0, 0.1) is 0 Å². The van der Waals surface area contributed by atoms with E-state index in [0.717, 1.165) is 11.3 Å². The van der Waals surface area contributed by atoms with E-state index in [2.05, 4.69) is 4.98 Å². The van der Waals surface area contributed by atoms with Gasteiger partial charge in [-0.25, -0.2) is 4.98 Å². The molecule has 0 saturated heterocycles. The third-order valence-electron chi connectivity index (χ3n) is 2.01. The highest BCUT2D eigenvalue weighted by molar-refractivity contribution is 8.93. The van der Waals surface area contributed by atoms with Crippen molar-refractivity contribution in [1.82, 2.24) is 4.98 Å². The molecule has 4 heteroatoms. The van der Waals surface area contributed by atoms with E-state index in [-0.39, 0.29) is 17.0 Å². The third kappa shape index (κ3) is 3.55. The molecule has 0 aliphatic carbocycles. The van der Waals surface area contributed by atoms with Crippen molar-refractivity contribution in [3.05, 3.63) is 54.2 Å². The van der Waals surface area contributed by atoms with Gasteiger partial charge in [-0.15, -0.1) is 17.0 Å². The monoisotopic (exact) mass is 280 g/mol. The number of nitrogens with zero attached hydrogens (tertiary/aromatic N) is 1. The Morgan fingerprint density at radius 1 is 1.06 bits per heavy atom. The minimum Gasteiger partial charge on any atom is -0.487 e. The topological polar surface area (TPSA) is 48.1 Å². The van der Waals surface area contributed by atoms with Crippen molar-refractivity contribution in [2.75, 3.05) is 5.73 Å². The van der Waals surface area contributed by atoms with Gasteiger partial charge in [-0.2, -0.15) is 0 Å². The highest BCUT2D eigenvalue weighted by Crippen LogP contribution is 2.12. The van der Waals surface area contributed by atoms with E-state index in [1.807, 2.05) is 36.4 Å². The molecule has 3 nitrogen and oxygen atoms in total. The number of nitrogen functional groups attached to an aromatic ring is 1. The number of pyridine rings is 1. The fraction of sp³-hybridized carbons (Fsp3) is 0.0833. The quantitative estimate of drug-likeness (QED) is 0.941. The maximum Gasteiger partial charge on any atom is 0.138 e. The van der Waals surface area contributed by atoms with Crippen molar-refractivity contribution in [2.24, 2.45) is 0 Å². The van der Waals surface area contributed by atoms with E-state index >= 15 is 0 Å². The Morgan fingerprint density at radius 2 is 1.81 bits per heavy atom. The molecule has 1 heterocycles. The van der Waals surface area contributed by atoms with Crippen LogP contribution >= 0.6 is 17.0 Å². The van der Waals surface area contributed by atoms with E-state index in [1.165, 1.54) is 0 Å². The predicted octanol–water partition coefficient (Wildman–Crippen LogP) is 2.82. The Kier molecular flexibility index (Phi) is 4.79. The Balaban J connectivity index is 0.00000128. The third-order valence-corrected chi connectivity index (χ3v) is 2.01. The number of benzene rings is 1. The molecular formula is C12H13BrN2O. The van der Waals surface area contributed by atoms with Gasteiger partial charge in [0, 0.05) is 0 Å². The van der Waals surface area contributed by atoms with Gasteiger partial charge in [0.2, 0.25) is 0 Å². The average molecular weight is 281 g/mol. The normalized spacial score (nSPS) is 9.25. The first-order chi connectivity index (χ1) is 7.34. The van der Waals surface area contributed by atoms with Crippen molar-refractivity contribution in [3.63, 3.8) is 0 Å². The van der Waals surface area contributed by atoms with Crippen molar-refractivity contribution in [1.29, 1.82) is 0 Å². The van der Waals surface area contributed by atoms with E-state index < -0.39 is 0 Å². The fourth-order valence-corrected chi connectivity index (χ4v) is 1.22. The summed E-state index contributed by atoms with van der Waals surface area (Å²) >= 11 is 0. The number of ether oxygens (including phenoxy) is 1. The molecule has 0 aliphatic rings. The first-order valence-electron chi connectivity index (χ1n) is 4.73. The number of hydrogen-bond donors (Lipinski definition) is 1. The molecular weight excluding hydrogens is 268 g/mol. The lowest BCUT2D eigenvalue weighted by atomic mass is 10.2. The number of hydrogen-bond acceptors (Lipinski definition) is 3. The molecule has 2 rings (SSSR count). The zero-order valence-electron chi connectivity index (χ0n) is 8.67. The Bertz CT molecular complexity index is 417. The standard InChI is InChI=1S/C12H12N2O.BrH/c13-12-7-6-11(8-14-12)15-9-10-4-2-1-3-5-10;/h1-8H,9H2,(H2,13,14);1H. The van der Waals surface area contributed by atoms with E-state index in [0.29, 0.717) is 12.4 Å². The molecule has 1 aromatic carbocycles. The van der Waals surface area contributed by atoms with E-state index in [1.54, 1.807) is 12.3 Å². The van der Waals surface area contributed by atoms with Gasteiger partial charge >= 0.3 is 0 Å². The summed E-state index contributed by atoms with van der Waals surface area (Å²) in [6.45, 7) is 0.548. The molecule has 2 aromatic rings. The second-order valence-corrected chi connectivity index (χ2v) is 3.19. The molecule has 16 heavy (non-hydrogen) atoms. The van der Waals surface area contributed by atoms with Crippen LogP contribution in [0.25, 0.3) is 0 Å². The molecule has 2 N–H and O–H groups in total. The number of aromatic nitrogens is 1. The van der Waals surface area contributed by atoms with Crippen LogP contribution in [0.15, 0.2) is 48.7 Å². The highest BCUT2D eigenvalue weighted by atomic mass is 79.9. The summed E-state index contributed by atoms with van der Waals surface area (Å²) in [5.41, 5.74) is 6.60. The summed E-state index contributed by atoms with van der Waals surface area (Å²) in [5, 5.41) is 0. The molecule has 0 radical (unpaired) electrons. The van der Waals surface area contributed by atoms with Crippen molar-refractivity contribution in [3.8, 4) is 5.75 Å². The molecule has 84 valence electrons. The maximum absolute atomic E-state index is 5.53. The summed E-state index contributed by atoms with van der Waals surface area (Å²) < 4.78 is 5.53. The van der Waals surface area contributed by atoms with Gasteiger partial charge < -0.3 is 10.5 Å². The van der Waals surface area contributed by atoms with Crippen LogP contribution in [-0.2, 0) is 6.61 Å². The summed E-state index contributed by atoms with van der Waals surface area (Å²) in [6, 6.07) is 13.5. The van der Waals surface area contributed by atoms with Gasteiger partial charge in [-0.05, 0) is 17.7 Å². The first-order valence-corrected chi connectivity index (χ1v) is 4.73. The maximum atomic E-state index is 5.53. The Hall–Kier alpha value is -1.55. The van der Waals surface area contributed by atoms with Crippen molar-refractivity contribution < 1.29 is 4.74 Å². The summed E-state index contributed by atoms with van der Waals surface area (Å²) in [6.07, 6.45) is 1.62. The second-order valence-electron chi connectivity index (χ2n) is 3.19. The van der Waals surface area contributed by atoms with Gasteiger partial charge in [-0.3, -0.25) is 0 Å². The lowest BCUT2D eigenvalue weighted by molar-refractivity contribution is 0.305. The number of rotatable bonds is 3. The molecule has 0 fully saturated rings. The Morgan fingerprint density at radius 3 is 2.44 bits per heavy atom. The van der Waals surface area contributed by atoms with E-state index in [9.17, 15) is 0 Å². The molecule has 0 atom stereocenters. The zero-order valence-corrected chi connectivity index (χ0v) is 10.4. The molecule has 1 aromatic heterocycles. The van der Waals surface area contributed by atoms with Crippen LogP contribution in [0.4, 0.5) is 5.82 Å². The zero-order chi connectivity index (χ0) is 10.5. The van der Waals surface area contributed by atoms with Gasteiger partial charge in [0.25, 0.3) is 0 Å². The van der Waals surface area contributed by atoms with Crippen LogP contribution in [0.3, 0.4) is 0 Å². The van der Waals surface area contributed by atoms with Crippen LogP contribution in [-0.4, -0.2) is 4.98 Å². The minimum absolute atomic E-state index is 0. The minimum atomic E-state index is 0. The smallest absolute Gasteiger partial charge is 0.138 e. The lowest BCUT2D eigenvalue weighted by Gasteiger charge is -2.05. The van der Waals surface area contributed by atoms with Gasteiger partial charge in [-0.1, -0.05) is 30.3 Å². The first kappa shape index (κ1) is 12.5. The molecule has 0 bridgehead atoms. The molecule has 0 amide bonds. The number of nitrogens with two attached hydrogens (primary N) is 1. The van der Waals surface area contributed by atoms with Crippen molar-refractivity contribution in [2.45, 2.75) is 6.61 Å². The number of anilines is 1. The SMILES string of the molecule is Br.Nc1ccc(OCc2ccccc2)cn1. The molecule has 0 spiro atoms. The van der Waals surface area contributed by atoms with Gasteiger partial charge in [0.15, 0.2) is 0 Å². The average Bonchev–Trinajstić information content (AvgIpc) is 2.30. The van der Waals surface area contributed by atoms with Gasteiger partial charge in [0.1, 0.15) is 18.2 Å². The lowest BCUT2D eigenvalue weighted by Crippen LogP contribution is -1.96. The van der Waals surface area contributed by atoms with Crippen LogP contribution in [0.5, 0.6) is 5.75 Å². The molecule has 0 saturated carbocycles. The molecule has 0 unspecified atom stereocenters. The summed E-state index contributed by atoms with van der Waals surface area (Å²) in [5.74, 6) is 1.23. The second kappa shape index (κ2) is 6.12. The van der Waals surface area contributed by atoms with Crippen LogP contribution in [0.2, 0.25) is 0 Å². The highest BCUT2D eigenvalue weighted by Gasteiger charge is 1.95. The fourth-order valence-electron chi connectivity index (χ4n) is 1.22. The molecule has 0 aliphatic heterocycles. The van der Waals surface area contributed by atoms with Gasteiger partial charge in [0.05, 0.1) is 6.20 Å². The van der Waals surface area contributed by atoms with Crippen LogP contribution in [0.1, 0.15) is 5.56 Å². The summed E-state index contributed by atoms with van der Waals surface area (Å²) in [7, 11) is 0. The Labute approximate surface area is 105 Å².